The van der Waals surface area contributed by atoms with Crippen LogP contribution in [-0.4, -0.2) is 36.8 Å². The maximum atomic E-state index is 11.0. The van der Waals surface area contributed by atoms with Gasteiger partial charge >= 0.3 is 0 Å². The second kappa shape index (κ2) is 6.58. The number of methoxy groups -OCH3 is 1. The van der Waals surface area contributed by atoms with Crippen molar-refractivity contribution in [3.63, 3.8) is 0 Å². The van der Waals surface area contributed by atoms with Crippen molar-refractivity contribution in [3.8, 4) is 0 Å². The average Bonchev–Trinajstić information content (AvgIpc) is 2.11. The van der Waals surface area contributed by atoms with Crippen LogP contribution in [0.15, 0.2) is 0 Å². The van der Waals surface area contributed by atoms with Gasteiger partial charge in [0.1, 0.15) is 5.54 Å². The maximum absolute atomic E-state index is 11.0. The van der Waals surface area contributed by atoms with E-state index in [1.54, 1.807) is 21.0 Å². The Bertz CT molecular complexity index is 231. The van der Waals surface area contributed by atoms with Crippen LogP contribution in [0.3, 0.4) is 0 Å². The van der Waals surface area contributed by atoms with Crippen LogP contribution in [0, 0.1) is 0 Å². The molecule has 0 fully saturated rings. The summed E-state index contributed by atoms with van der Waals surface area (Å²) in [6.07, 6.45) is 0.856. The second-order valence-electron chi connectivity index (χ2n) is 3.72. The number of thiocarbonyl (C=S) groups is 1. The number of amides is 1. The molecule has 5 nitrogen and oxygen atoms in total. The van der Waals surface area contributed by atoms with Gasteiger partial charge in [-0.05, 0) is 32.5 Å². The molecule has 0 saturated heterocycles. The molecule has 0 radical (unpaired) electrons. The molecule has 0 aromatic rings. The first-order chi connectivity index (χ1) is 6.90. The molecule has 0 aromatic carbocycles. The number of carbonyl (C=O) groups excluding carboxylic acids is 1. The van der Waals surface area contributed by atoms with Crippen LogP contribution >= 0.6 is 12.2 Å². The predicted molar refractivity (Wildman–Crippen MR) is 63.5 cm³/mol. The van der Waals surface area contributed by atoms with Crippen molar-refractivity contribution >= 4 is 23.2 Å². The molecule has 0 rings (SSSR count). The van der Waals surface area contributed by atoms with Gasteiger partial charge in [0.25, 0.3) is 0 Å². The van der Waals surface area contributed by atoms with Gasteiger partial charge in [0.2, 0.25) is 5.91 Å². The molecule has 0 aliphatic carbocycles. The van der Waals surface area contributed by atoms with Crippen LogP contribution in [0.2, 0.25) is 0 Å². The van der Waals surface area contributed by atoms with Gasteiger partial charge in [-0.2, -0.15) is 0 Å². The molecule has 0 bridgehead atoms. The van der Waals surface area contributed by atoms with Gasteiger partial charge in [-0.15, -0.1) is 0 Å². The van der Waals surface area contributed by atoms with E-state index in [1.165, 1.54) is 0 Å². The molecular weight excluding hydrogens is 214 g/mol. The van der Waals surface area contributed by atoms with Crippen LogP contribution in [-0.2, 0) is 9.53 Å². The van der Waals surface area contributed by atoms with Gasteiger partial charge in [0, 0.05) is 20.3 Å². The lowest BCUT2D eigenvalue weighted by molar-refractivity contribution is -0.122. The van der Waals surface area contributed by atoms with Gasteiger partial charge in [-0.3, -0.25) is 4.79 Å². The molecule has 6 heteroatoms. The quantitative estimate of drug-likeness (QED) is 0.436. The summed E-state index contributed by atoms with van der Waals surface area (Å²) in [7, 11) is 1.65. The second-order valence-corrected chi connectivity index (χ2v) is 4.12. The number of hydrogen-bond donors (Lipinski definition) is 3. The highest BCUT2D eigenvalue weighted by molar-refractivity contribution is 7.80. The Kier molecular flexibility index (Phi) is 6.19. The molecule has 0 aliphatic heterocycles. The van der Waals surface area contributed by atoms with E-state index in [1.807, 2.05) is 0 Å². The van der Waals surface area contributed by atoms with Crippen LogP contribution < -0.4 is 16.4 Å². The summed E-state index contributed by atoms with van der Waals surface area (Å²) in [6, 6.07) is 0. The summed E-state index contributed by atoms with van der Waals surface area (Å²) in [4.78, 5) is 11.0. The normalized spacial score (nSPS) is 10.9. The number of nitrogens with two attached hydrogens (primary N) is 1. The smallest absolute Gasteiger partial charge is 0.242 e. The Morgan fingerprint density at radius 2 is 2.13 bits per heavy atom. The summed E-state index contributed by atoms with van der Waals surface area (Å²) in [5.41, 5.74) is 4.36. The van der Waals surface area contributed by atoms with Crippen LogP contribution in [0.4, 0.5) is 0 Å². The Morgan fingerprint density at radius 3 is 2.60 bits per heavy atom. The van der Waals surface area contributed by atoms with Crippen molar-refractivity contribution in [2.75, 3.05) is 20.3 Å². The van der Waals surface area contributed by atoms with E-state index >= 15 is 0 Å². The third-order valence-corrected chi connectivity index (χ3v) is 2.10. The SMILES string of the molecule is COCCCNC(=S)NC(C)(C)C(N)=O. The highest BCUT2D eigenvalue weighted by Gasteiger charge is 2.25. The fourth-order valence-electron chi connectivity index (χ4n) is 0.808. The van der Waals surface area contributed by atoms with Crippen molar-refractivity contribution in [1.82, 2.24) is 10.6 Å². The largest absolute Gasteiger partial charge is 0.385 e. The van der Waals surface area contributed by atoms with Gasteiger partial charge in [0.15, 0.2) is 5.11 Å². The number of hydrogen-bond acceptors (Lipinski definition) is 3. The molecule has 0 aromatic heterocycles. The van der Waals surface area contributed by atoms with E-state index in [0.717, 1.165) is 6.42 Å². The molecule has 0 saturated carbocycles. The predicted octanol–water partition coefficient (Wildman–Crippen LogP) is -0.249. The average molecular weight is 233 g/mol. The summed E-state index contributed by atoms with van der Waals surface area (Å²) in [5.74, 6) is -0.441. The van der Waals surface area contributed by atoms with Gasteiger partial charge < -0.3 is 21.1 Å². The Balaban J connectivity index is 3.79. The number of primary amides is 1. The summed E-state index contributed by atoms with van der Waals surface area (Å²) < 4.78 is 4.88. The molecule has 0 unspecified atom stereocenters. The third-order valence-electron chi connectivity index (χ3n) is 1.85. The van der Waals surface area contributed by atoms with E-state index in [0.29, 0.717) is 18.3 Å². The third kappa shape index (κ3) is 6.24. The first-order valence-corrected chi connectivity index (χ1v) is 5.16. The minimum absolute atomic E-state index is 0.426. The number of ether oxygens (including phenoxy) is 1. The highest BCUT2D eigenvalue weighted by Crippen LogP contribution is 1.99. The first kappa shape index (κ1) is 14.1. The van der Waals surface area contributed by atoms with Crippen molar-refractivity contribution in [1.29, 1.82) is 0 Å². The standard InChI is InChI=1S/C9H19N3O2S/c1-9(2,7(10)13)12-8(15)11-5-4-6-14-3/h4-6H2,1-3H3,(H2,10,13)(H2,11,12,15). The van der Waals surface area contributed by atoms with Gasteiger partial charge in [0.05, 0.1) is 0 Å². The molecule has 0 aliphatic rings. The Morgan fingerprint density at radius 1 is 1.53 bits per heavy atom. The monoisotopic (exact) mass is 233 g/mol. The Labute approximate surface area is 95.7 Å². The first-order valence-electron chi connectivity index (χ1n) is 4.75. The fourth-order valence-corrected chi connectivity index (χ4v) is 1.17. The molecule has 0 spiro atoms. The zero-order valence-corrected chi connectivity index (χ0v) is 10.2. The molecule has 1 amide bonds. The van der Waals surface area contributed by atoms with Crippen molar-refractivity contribution < 1.29 is 9.53 Å². The molecular formula is C9H19N3O2S. The minimum atomic E-state index is -0.828. The van der Waals surface area contributed by atoms with Crippen molar-refractivity contribution in [2.45, 2.75) is 25.8 Å². The number of rotatable bonds is 6. The molecule has 0 heterocycles. The molecule has 0 atom stereocenters. The van der Waals surface area contributed by atoms with Crippen molar-refractivity contribution in [3.05, 3.63) is 0 Å². The lowest BCUT2D eigenvalue weighted by Crippen LogP contribution is -2.55. The minimum Gasteiger partial charge on any atom is -0.385 e. The zero-order valence-electron chi connectivity index (χ0n) is 9.42. The van der Waals surface area contributed by atoms with E-state index in [2.05, 4.69) is 10.6 Å². The van der Waals surface area contributed by atoms with E-state index in [-0.39, 0.29) is 0 Å². The molecule has 88 valence electrons. The lowest BCUT2D eigenvalue weighted by Gasteiger charge is -2.24. The van der Waals surface area contributed by atoms with E-state index < -0.39 is 11.4 Å². The lowest BCUT2D eigenvalue weighted by atomic mass is 10.1. The van der Waals surface area contributed by atoms with Crippen LogP contribution in [0.1, 0.15) is 20.3 Å². The summed E-state index contributed by atoms with van der Waals surface area (Å²) in [5, 5.41) is 6.22. The van der Waals surface area contributed by atoms with Gasteiger partial charge in [-0.25, -0.2) is 0 Å². The number of nitrogens with one attached hydrogen (secondary N) is 2. The van der Waals surface area contributed by atoms with Crippen LogP contribution in [0.25, 0.3) is 0 Å². The topological polar surface area (TPSA) is 76.4 Å². The van der Waals surface area contributed by atoms with Crippen molar-refractivity contribution in [2.24, 2.45) is 5.73 Å². The van der Waals surface area contributed by atoms with Gasteiger partial charge in [-0.1, -0.05) is 0 Å². The Hall–Kier alpha value is -0.880. The molecule has 15 heavy (non-hydrogen) atoms. The van der Waals surface area contributed by atoms with Crippen LogP contribution in [0.5, 0.6) is 0 Å². The maximum Gasteiger partial charge on any atom is 0.242 e. The van der Waals surface area contributed by atoms with E-state index in [4.69, 9.17) is 22.7 Å². The zero-order chi connectivity index (χ0) is 11.9. The highest BCUT2D eigenvalue weighted by atomic mass is 32.1. The van der Waals surface area contributed by atoms with E-state index in [9.17, 15) is 4.79 Å². The summed E-state index contributed by atoms with van der Waals surface area (Å²) in [6.45, 7) is 4.74. The summed E-state index contributed by atoms with van der Waals surface area (Å²) >= 11 is 5.00. The molecule has 4 N–H and O–H groups in total. The fraction of sp³-hybridized carbons (Fsp3) is 0.778. The number of carbonyl (C=O) groups is 1.